The molecule has 1 aliphatic carbocycles. The highest BCUT2D eigenvalue weighted by Crippen LogP contribution is 2.32. The third-order valence-corrected chi connectivity index (χ3v) is 5.32. The van der Waals surface area contributed by atoms with Crippen LogP contribution >= 0.6 is 0 Å². The Morgan fingerprint density at radius 1 is 1.03 bits per heavy atom. The van der Waals surface area contributed by atoms with Crippen molar-refractivity contribution < 1.29 is 23.2 Å². The van der Waals surface area contributed by atoms with Crippen molar-refractivity contribution in [2.24, 2.45) is 0 Å². The molecule has 1 N–H and O–H groups in total. The highest BCUT2D eigenvalue weighted by Gasteiger charge is 2.37. The van der Waals surface area contributed by atoms with Gasteiger partial charge in [-0.15, -0.1) is 0 Å². The molecule has 7 heteroatoms. The zero-order valence-corrected chi connectivity index (χ0v) is 16.7. The topological polar surface area (TPSA) is 84.9 Å². The first kappa shape index (κ1) is 19.8. The summed E-state index contributed by atoms with van der Waals surface area (Å²) in [6.07, 6.45) is 6.97. The smallest absolute Gasteiger partial charge is 0.295 e. The van der Waals surface area contributed by atoms with Crippen LogP contribution in [0.4, 0.5) is 5.69 Å². The van der Waals surface area contributed by atoms with Gasteiger partial charge in [0.25, 0.3) is 11.8 Å². The fraction of sp³-hybridized carbons (Fsp3) is 0.304. The molecule has 0 spiro atoms. The van der Waals surface area contributed by atoms with E-state index in [2.05, 4.69) is 5.32 Å². The lowest BCUT2D eigenvalue weighted by Crippen LogP contribution is -2.46. The van der Waals surface area contributed by atoms with Gasteiger partial charge in [0.15, 0.2) is 11.8 Å². The lowest BCUT2D eigenvalue weighted by atomic mass is 10.1. The first-order valence-electron chi connectivity index (χ1n) is 10.0. The Labute approximate surface area is 174 Å². The molecule has 2 aromatic heterocycles. The Morgan fingerprint density at radius 3 is 2.33 bits per heavy atom. The number of amides is 2. The summed E-state index contributed by atoms with van der Waals surface area (Å²) in [5.74, 6) is 0.437. The van der Waals surface area contributed by atoms with Crippen LogP contribution in [0.25, 0.3) is 0 Å². The van der Waals surface area contributed by atoms with Crippen molar-refractivity contribution in [1.82, 2.24) is 5.32 Å². The predicted octanol–water partition coefficient (Wildman–Crippen LogP) is 4.33. The van der Waals surface area contributed by atoms with E-state index in [0.717, 1.165) is 25.7 Å². The van der Waals surface area contributed by atoms with Gasteiger partial charge in [-0.05, 0) is 61.4 Å². The van der Waals surface area contributed by atoms with E-state index in [1.54, 1.807) is 55.6 Å². The number of hydrogen-bond acceptors (Lipinski definition) is 5. The SMILES string of the molecule is COc1ccc(N(C(=O)c2ccco2)C(C(=O)NC2CCCC2)c2ccco2)cc1. The number of nitrogens with zero attached hydrogens (tertiary/aromatic N) is 1. The Balaban J connectivity index is 1.75. The van der Waals surface area contributed by atoms with Crippen molar-refractivity contribution in [1.29, 1.82) is 0 Å². The van der Waals surface area contributed by atoms with Crippen molar-refractivity contribution in [2.75, 3.05) is 12.0 Å². The van der Waals surface area contributed by atoms with Crippen molar-refractivity contribution in [3.8, 4) is 5.75 Å². The van der Waals surface area contributed by atoms with Gasteiger partial charge in [-0.2, -0.15) is 0 Å². The van der Waals surface area contributed by atoms with Gasteiger partial charge in [0, 0.05) is 11.7 Å². The quantitative estimate of drug-likeness (QED) is 0.629. The molecule has 2 heterocycles. The van der Waals surface area contributed by atoms with E-state index in [-0.39, 0.29) is 17.7 Å². The molecule has 0 radical (unpaired) electrons. The minimum Gasteiger partial charge on any atom is -0.497 e. The molecule has 30 heavy (non-hydrogen) atoms. The number of carbonyl (C=O) groups is 2. The van der Waals surface area contributed by atoms with Crippen LogP contribution in [0.3, 0.4) is 0 Å². The number of methoxy groups -OCH3 is 1. The second-order valence-corrected chi connectivity index (χ2v) is 7.26. The van der Waals surface area contributed by atoms with Gasteiger partial charge in [-0.3, -0.25) is 14.5 Å². The average Bonchev–Trinajstić information content (AvgIpc) is 3.55. The molecule has 1 aliphatic rings. The van der Waals surface area contributed by atoms with Gasteiger partial charge in [0.2, 0.25) is 0 Å². The largest absolute Gasteiger partial charge is 0.497 e. The summed E-state index contributed by atoms with van der Waals surface area (Å²) < 4.78 is 16.2. The van der Waals surface area contributed by atoms with Gasteiger partial charge >= 0.3 is 0 Å². The van der Waals surface area contributed by atoms with E-state index in [1.165, 1.54) is 17.4 Å². The molecule has 7 nitrogen and oxygen atoms in total. The summed E-state index contributed by atoms with van der Waals surface area (Å²) in [6.45, 7) is 0. The summed E-state index contributed by atoms with van der Waals surface area (Å²) >= 11 is 0. The van der Waals surface area contributed by atoms with Gasteiger partial charge < -0.3 is 18.9 Å². The summed E-state index contributed by atoms with van der Waals surface area (Å²) in [5.41, 5.74) is 0.528. The first-order valence-corrected chi connectivity index (χ1v) is 10.0. The van der Waals surface area contributed by atoms with Crippen LogP contribution in [-0.2, 0) is 4.79 Å². The van der Waals surface area contributed by atoms with Crippen LogP contribution in [-0.4, -0.2) is 25.0 Å². The summed E-state index contributed by atoms with van der Waals surface area (Å²) in [5, 5.41) is 3.09. The molecule has 0 saturated heterocycles. The van der Waals surface area contributed by atoms with Crippen LogP contribution in [0.15, 0.2) is 69.9 Å². The molecule has 4 rings (SSSR count). The molecular formula is C23H24N2O5. The zero-order valence-electron chi connectivity index (χ0n) is 16.7. The van der Waals surface area contributed by atoms with E-state index < -0.39 is 11.9 Å². The Morgan fingerprint density at radius 2 is 1.73 bits per heavy atom. The van der Waals surface area contributed by atoms with Crippen molar-refractivity contribution in [2.45, 2.75) is 37.8 Å². The maximum atomic E-state index is 13.4. The third-order valence-electron chi connectivity index (χ3n) is 5.32. The van der Waals surface area contributed by atoms with Gasteiger partial charge in [-0.25, -0.2) is 0 Å². The van der Waals surface area contributed by atoms with Crippen LogP contribution in [0, 0.1) is 0 Å². The zero-order chi connectivity index (χ0) is 20.9. The van der Waals surface area contributed by atoms with E-state index in [9.17, 15) is 9.59 Å². The molecule has 1 saturated carbocycles. The maximum Gasteiger partial charge on any atom is 0.295 e. The first-order chi connectivity index (χ1) is 14.7. The molecule has 1 fully saturated rings. The van der Waals surface area contributed by atoms with E-state index in [0.29, 0.717) is 17.2 Å². The monoisotopic (exact) mass is 408 g/mol. The van der Waals surface area contributed by atoms with Crippen LogP contribution in [0.5, 0.6) is 5.75 Å². The number of ether oxygens (including phenoxy) is 1. The number of benzene rings is 1. The number of nitrogens with one attached hydrogen (secondary N) is 1. The van der Waals surface area contributed by atoms with Crippen molar-refractivity contribution >= 4 is 17.5 Å². The second-order valence-electron chi connectivity index (χ2n) is 7.26. The lowest BCUT2D eigenvalue weighted by molar-refractivity contribution is -0.123. The number of hydrogen-bond donors (Lipinski definition) is 1. The molecule has 2 amide bonds. The van der Waals surface area contributed by atoms with Crippen molar-refractivity contribution in [3.05, 3.63) is 72.6 Å². The van der Waals surface area contributed by atoms with Crippen LogP contribution < -0.4 is 15.0 Å². The van der Waals surface area contributed by atoms with Crippen LogP contribution in [0.2, 0.25) is 0 Å². The normalized spacial score (nSPS) is 15.0. The number of anilines is 1. The summed E-state index contributed by atoms with van der Waals surface area (Å²) in [4.78, 5) is 28.2. The molecule has 1 unspecified atom stereocenters. The number of furan rings is 2. The van der Waals surface area contributed by atoms with Gasteiger partial charge in [0.05, 0.1) is 19.6 Å². The minimum atomic E-state index is -0.980. The summed E-state index contributed by atoms with van der Waals surface area (Å²) in [6, 6.07) is 12.7. The average molecular weight is 408 g/mol. The van der Waals surface area contributed by atoms with E-state index in [1.807, 2.05) is 0 Å². The fourth-order valence-electron chi connectivity index (χ4n) is 3.82. The van der Waals surface area contributed by atoms with Gasteiger partial charge in [-0.1, -0.05) is 12.8 Å². The standard InChI is InChI=1S/C23H24N2O5/c1-28-18-12-10-17(11-13-18)25(23(27)20-9-5-15-30-20)21(19-8-4-14-29-19)22(26)24-16-6-2-3-7-16/h4-5,8-16,21H,2-3,6-7H2,1H3,(H,24,26). The number of rotatable bonds is 7. The van der Waals surface area contributed by atoms with Gasteiger partial charge in [0.1, 0.15) is 11.5 Å². The Hall–Kier alpha value is -3.48. The molecule has 1 aromatic carbocycles. The van der Waals surface area contributed by atoms with Crippen molar-refractivity contribution in [3.63, 3.8) is 0 Å². The van der Waals surface area contributed by atoms with E-state index >= 15 is 0 Å². The Bertz CT molecular complexity index is 958. The molecular weight excluding hydrogens is 384 g/mol. The predicted molar refractivity (Wildman–Crippen MR) is 110 cm³/mol. The molecule has 156 valence electrons. The molecule has 0 bridgehead atoms. The second kappa shape index (κ2) is 8.90. The minimum absolute atomic E-state index is 0.103. The maximum absolute atomic E-state index is 13.4. The third kappa shape index (κ3) is 4.10. The molecule has 1 atom stereocenters. The molecule has 3 aromatic rings. The number of carbonyl (C=O) groups excluding carboxylic acids is 2. The molecule has 0 aliphatic heterocycles. The fourth-order valence-corrected chi connectivity index (χ4v) is 3.82. The van der Waals surface area contributed by atoms with Crippen LogP contribution in [0.1, 0.15) is 48.0 Å². The highest BCUT2D eigenvalue weighted by atomic mass is 16.5. The summed E-state index contributed by atoms with van der Waals surface area (Å²) in [7, 11) is 1.57. The lowest BCUT2D eigenvalue weighted by Gasteiger charge is -2.30. The Kier molecular flexibility index (Phi) is 5.88. The highest BCUT2D eigenvalue weighted by molar-refractivity contribution is 6.08. The van der Waals surface area contributed by atoms with E-state index in [4.69, 9.17) is 13.6 Å².